The first kappa shape index (κ1) is 21.6. The van der Waals surface area contributed by atoms with E-state index in [4.69, 9.17) is 5.11 Å². The van der Waals surface area contributed by atoms with E-state index in [0.717, 1.165) is 19.3 Å². The summed E-state index contributed by atoms with van der Waals surface area (Å²) >= 11 is 0. The molecule has 0 bridgehead atoms. The number of aliphatic carboxylic acids is 1. The van der Waals surface area contributed by atoms with Crippen molar-refractivity contribution in [2.75, 3.05) is 0 Å². The van der Waals surface area contributed by atoms with E-state index in [2.05, 4.69) is 6.92 Å². The predicted octanol–water partition coefficient (Wildman–Crippen LogP) is 3.25. The number of hydrogen-bond donors (Lipinski definition) is 3. The van der Waals surface area contributed by atoms with E-state index < -0.39 is 18.2 Å². The first-order valence-corrected chi connectivity index (χ1v) is 9.39. The highest BCUT2D eigenvalue weighted by Crippen LogP contribution is 2.33. The molecule has 0 aromatic rings. The molecular formula is C20H32O5. The molecule has 1 saturated carbocycles. The molecule has 0 radical (unpaired) electrons. The van der Waals surface area contributed by atoms with E-state index in [1.807, 2.05) is 12.2 Å². The third kappa shape index (κ3) is 8.45. The van der Waals surface area contributed by atoms with Crippen LogP contribution >= 0.6 is 0 Å². The second kappa shape index (κ2) is 12.0. The van der Waals surface area contributed by atoms with E-state index in [9.17, 15) is 19.8 Å². The summed E-state index contributed by atoms with van der Waals surface area (Å²) in [6.07, 6.45) is 12.1. The predicted molar refractivity (Wildman–Crippen MR) is 97.1 cm³/mol. The van der Waals surface area contributed by atoms with E-state index in [1.54, 1.807) is 12.2 Å². The first-order chi connectivity index (χ1) is 12.0. The summed E-state index contributed by atoms with van der Waals surface area (Å²) in [6, 6.07) is 0. The number of Topliss-reactive ketones (excluding diaryl/α,β-unsaturated/α-hetero) is 1. The van der Waals surface area contributed by atoms with Gasteiger partial charge in [-0.1, -0.05) is 50.5 Å². The second-order valence-electron chi connectivity index (χ2n) is 6.86. The highest BCUT2D eigenvalue weighted by molar-refractivity contribution is 5.84. The Morgan fingerprint density at radius 3 is 2.72 bits per heavy atom. The third-order valence-electron chi connectivity index (χ3n) is 4.71. The molecule has 1 aliphatic rings. The van der Waals surface area contributed by atoms with Crippen LogP contribution in [-0.2, 0) is 9.59 Å². The lowest BCUT2D eigenvalue weighted by Gasteiger charge is -2.16. The van der Waals surface area contributed by atoms with Crippen LogP contribution in [0.3, 0.4) is 0 Å². The molecule has 3 N–H and O–H groups in total. The van der Waals surface area contributed by atoms with Crippen molar-refractivity contribution in [1.29, 1.82) is 0 Å². The number of carbonyl (C=O) groups is 2. The third-order valence-corrected chi connectivity index (χ3v) is 4.71. The number of aliphatic hydroxyl groups is 2. The fourth-order valence-corrected chi connectivity index (χ4v) is 3.22. The van der Waals surface area contributed by atoms with Gasteiger partial charge in [-0.05, 0) is 25.7 Å². The summed E-state index contributed by atoms with van der Waals surface area (Å²) in [4.78, 5) is 22.5. The van der Waals surface area contributed by atoms with Crippen LogP contribution in [0.25, 0.3) is 0 Å². The molecule has 1 aliphatic carbocycles. The Bertz CT molecular complexity index is 469. The Hall–Kier alpha value is -1.46. The van der Waals surface area contributed by atoms with Gasteiger partial charge in [-0.15, -0.1) is 0 Å². The average molecular weight is 352 g/mol. The van der Waals surface area contributed by atoms with Gasteiger partial charge in [0.05, 0.1) is 12.2 Å². The molecule has 1 rings (SSSR count). The monoisotopic (exact) mass is 352 g/mol. The number of ketones is 1. The number of unbranched alkanes of at least 4 members (excludes halogenated alkanes) is 3. The minimum Gasteiger partial charge on any atom is -0.481 e. The zero-order chi connectivity index (χ0) is 18.7. The number of allylic oxidation sites excluding steroid dienone is 2. The Morgan fingerprint density at radius 1 is 1.28 bits per heavy atom. The fraction of sp³-hybridized carbons (Fsp3) is 0.700. The highest BCUT2D eigenvalue weighted by Gasteiger charge is 2.39. The van der Waals surface area contributed by atoms with E-state index in [0.29, 0.717) is 25.7 Å². The maximum atomic E-state index is 12.1. The van der Waals surface area contributed by atoms with Crippen LogP contribution in [-0.4, -0.2) is 39.3 Å². The van der Waals surface area contributed by atoms with Crippen LogP contribution in [0, 0.1) is 11.8 Å². The van der Waals surface area contributed by atoms with Gasteiger partial charge in [0, 0.05) is 24.7 Å². The lowest BCUT2D eigenvalue weighted by atomic mass is 9.90. The summed E-state index contributed by atoms with van der Waals surface area (Å²) in [5, 5.41) is 28.7. The minimum atomic E-state index is -0.801. The molecule has 5 nitrogen and oxygen atoms in total. The smallest absolute Gasteiger partial charge is 0.303 e. The number of hydrogen-bond acceptors (Lipinski definition) is 4. The van der Waals surface area contributed by atoms with Gasteiger partial charge < -0.3 is 15.3 Å². The Kier molecular flexibility index (Phi) is 10.3. The van der Waals surface area contributed by atoms with Crippen molar-refractivity contribution in [3.8, 4) is 0 Å². The van der Waals surface area contributed by atoms with Crippen LogP contribution in [0.5, 0.6) is 0 Å². The summed E-state index contributed by atoms with van der Waals surface area (Å²) in [6.45, 7) is 2.11. The van der Waals surface area contributed by atoms with Crippen LogP contribution in [0.4, 0.5) is 0 Å². The van der Waals surface area contributed by atoms with E-state index in [-0.39, 0.29) is 30.5 Å². The van der Waals surface area contributed by atoms with Crippen LogP contribution in [0.1, 0.15) is 64.7 Å². The average Bonchev–Trinajstić information content (AvgIpc) is 2.82. The minimum absolute atomic E-state index is 0.0535. The van der Waals surface area contributed by atoms with Crippen molar-refractivity contribution >= 4 is 11.8 Å². The Morgan fingerprint density at radius 2 is 2.04 bits per heavy atom. The van der Waals surface area contributed by atoms with Gasteiger partial charge in [0.15, 0.2) is 0 Å². The number of carboxylic acid groups (broad SMARTS) is 1. The zero-order valence-electron chi connectivity index (χ0n) is 15.1. The quantitative estimate of drug-likeness (QED) is 0.370. The van der Waals surface area contributed by atoms with Gasteiger partial charge in [0.1, 0.15) is 5.78 Å². The number of aliphatic hydroxyl groups excluding tert-OH is 2. The highest BCUT2D eigenvalue weighted by atomic mass is 16.4. The molecule has 5 heteroatoms. The van der Waals surface area contributed by atoms with Crippen molar-refractivity contribution < 1.29 is 24.9 Å². The van der Waals surface area contributed by atoms with Crippen LogP contribution in [0.15, 0.2) is 24.3 Å². The number of carboxylic acids is 1. The Balaban J connectivity index is 2.48. The SMILES string of the molecule is CCCCC[C@H](O)/C=C/[C@H]1[C@H](C/C=C/CCCC(=O)O)C(=O)C[C@@H]1O. The molecule has 1 fully saturated rings. The summed E-state index contributed by atoms with van der Waals surface area (Å²) in [5.74, 6) is -1.26. The van der Waals surface area contributed by atoms with Gasteiger partial charge in [0.2, 0.25) is 0 Å². The molecular weight excluding hydrogens is 320 g/mol. The molecule has 0 unspecified atom stereocenters. The summed E-state index contributed by atoms with van der Waals surface area (Å²) in [7, 11) is 0. The molecule has 0 aromatic heterocycles. The van der Waals surface area contributed by atoms with E-state index >= 15 is 0 Å². The molecule has 4 atom stereocenters. The second-order valence-corrected chi connectivity index (χ2v) is 6.86. The van der Waals surface area contributed by atoms with Gasteiger partial charge in [-0.2, -0.15) is 0 Å². The van der Waals surface area contributed by atoms with Gasteiger partial charge in [-0.25, -0.2) is 0 Å². The molecule has 0 saturated heterocycles. The molecule has 142 valence electrons. The molecule has 25 heavy (non-hydrogen) atoms. The molecule has 0 aliphatic heterocycles. The van der Waals surface area contributed by atoms with Crippen LogP contribution < -0.4 is 0 Å². The van der Waals surface area contributed by atoms with E-state index in [1.165, 1.54) is 0 Å². The van der Waals surface area contributed by atoms with Gasteiger partial charge >= 0.3 is 5.97 Å². The van der Waals surface area contributed by atoms with Crippen molar-refractivity contribution in [2.24, 2.45) is 11.8 Å². The normalized spacial score (nSPS) is 25.2. The standard InChI is InChI=1S/C20H32O5/c1-2-3-6-9-15(21)12-13-17-16(18(22)14-19(17)23)10-7-4-5-8-11-20(24)25/h4,7,12-13,15-17,19,21,23H,2-3,5-6,8-11,14H2,1H3,(H,24,25)/b7-4+,13-12+/t15-,16-,17-,19-/m0/s1. The van der Waals surface area contributed by atoms with Crippen molar-refractivity contribution in [2.45, 2.75) is 76.9 Å². The molecule has 0 amide bonds. The molecule has 0 heterocycles. The summed E-state index contributed by atoms with van der Waals surface area (Å²) < 4.78 is 0. The van der Waals surface area contributed by atoms with Crippen molar-refractivity contribution in [3.63, 3.8) is 0 Å². The number of rotatable bonds is 12. The zero-order valence-corrected chi connectivity index (χ0v) is 15.1. The topological polar surface area (TPSA) is 94.8 Å². The number of carbonyl (C=O) groups excluding carboxylic acids is 1. The van der Waals surface area contributed by atoms with Crippen LogP contribution in [0.2, 0.25) is 0 Å². The summed E-state index contributed by atoms with van der Waals surface area (Å²) in [5.41, 5.74) is 0. The lowest BCUT2D eigenvalue weighted by molar-refractivity contribution is -0.137. The van der Waals surface area contributed by atoms with Gasteiger partial charge in [-0.3, -0.25) is 9.59 Å². The van der Waals surface area contributed by atoms with Crippen molar-refractivity contribution in [1.82, 2.24) is 0 Å². The molecule has 0 spiro atoms. The fourth-order valence-electron chi connectivity index (χ4n) is 3.22. The molecule has 0 aromatic carbocycles. The Labute approximate surface area is 150 Å². The maximum Gasteiger partial charge on any atom is 0.303 e. The lowest BCUT2D eigenvalue weighted by Crippen LogP contribution is -2.18. The first-order valence-electron chi connectivity index (χ1n) is 9.39. The van der Waals surface area contributed by atoms with Crippen molar-refractivity contribution in [3.05, 3.63) is 24.3 Å². The maximum absolute atomic E-state index is 12.1. The largest absolute Gasteiger partial charge is 0.481 e. The van der Waals surface area contributed by atoms with Gasteiger partial charge in [0.25, 0.3) is 0 Å².